The second-order valence-electron chi connectivity index (χ2n) is 10.6. The summed E-state index contributed by atoms with van der Waals surface area (Å²) in [5.41, 5.74) is 3.97. The van der Waals surface area contributed by atoms with Gasteiger partial charge in [0.05, 0.1) is 6.61 Å². The van der Waals surface area contributed by atoms with E-state index < -0.39 is 18.9 Å². The van der Waals surface area contributed by atoms with Gasteiger partial charge in [0.15, 0.2) is 11.9 Å². The summed E-state index contributed by atoms with van der Waals surface area (Å²) in [6.07, 6.45) is 8.05. The van der Waals surface area contributed by atoms with Gasteiger partial charge in [0, 0.05) is 23.5 Å². The van der Waals surface area contributed by atoms with Crippen molar-refractivity contribution in [1.29, 1.82) is 0 Å². The smallest absolute Gasteiger partial charge is 0.417 e. The molecule has 0 N–H and O–H groups in total. The van der Waals surface area contributed by atoms with E-state index in [1.165, 1.54) is 50.5 Å². The highest BCUT2D eigenvalue weighted by Crippen LogP contribution is 2.27. The molecule has 0 aliphatic carbocycles. The van der Waals surface area contributed by atoms with Crippen LogP contribution in [0.1, 0.15) is 77.7 Å². The van der Waals surface area contributed by atoms with E-state index in [0.29, 0.717) is 11.6 Å². The highest BCUT2D eigenvalue weighted by Gasteiger charge is 2.41. The average molecular weight is 557 g/mol. The van der Waals surface area contributed by atoms with Crippen LogP contribution in [0.5, 0.6) is 5.75 Å². The van der Waals surface area contributed by atoms with Crippen LogP contribution < -0.4 is 4.74 Å². The van der Waals surface area contributed by atoms with Gasteiger partial charge < -0.3 is 9.47 Å². The molecule has 1 aromatic heterocycles. The van der Waals surface area contributed by atoms with Crippen LogP contribution in [0.25, 0.3) is 22.5 Å². The van der Waals surface area contributed by atoms with Crippen LogP contribution in [-0.4, -0.2) is 35.5 Å². The Morgan fingerprint density at radius 2 is 1.32 bits per heavy atom. The Balaban J connectivity index is 1.50. The number of aryl methyl sites for hydroxylation is 1. The molecule has 7 heteroatoms. The van der Waals surface area contributed by atoms with Crippen molar-refractivity contribution in [2.45, 2.75) is 90.8 Å². The lowest BCUT2D eigenvalue weighted by Crippen LogP contribution is -2.38. The predicted octanol–water partition coefficient (Wildman–Crippen LogP) is 9.48. The molecule has 3 aromatic rings. The first-order valence-electron chi connectivity index (χ1n) is 14.6. The monoisotopic (exact) mass is 556 g/mol. The molecule has 0 aliphatic heterocycles. The fourth-order valence-corrected chi connectivity index (χ4v) is 4.28. The molecule has 2 atom stereocenters. The molecule has 4 nitrogen and oxygen atoms in total. The number of alkyl halides is 3. The molecular formula is C33H43F3N2O2. The van der Waals surface area contributed by atoms with Crippen molar-refractivity contribution in [3.05, 3.63) is 66.5 Å². The number of unbranched alkanes of at least 4 members (excludes halogenated alkanes) is 6. The molecule has 0 saturated carbocycles. The molecule has 2 unspecified atom stereocenters. The molecule has 0 bridgehead atoms. The highest BCUT2D eigenvalue weighted by molar-refractivity contribution is 5.64. The third-order valence-corrected chi connectivity index (χ3v) is 7.17. The fraction of sp³-hybridized carbons (Fsp3) is 0.515. The summed E-state index contributed by atoms with van der Waals surface area (Å²) in [6.45, 7) is 5.48. The SMILES string of the molecule is CCCCCCCCCc1ccc(-c2ncc(-c3ccc(OCC(OCC(C)CC)C(F)(F)F)cc3)cn2)cc1. The van der Waals surface area contributed by atoms with E-state index in [4.69, 9.17) is 9.47 Å². The van der Waals surface area contributed by atoms with Crippen LogP contribution in [0.2, 0.25) is 0 Å². The Morgan fingerprint density at radius 3 is 1.93 bits per heavy atom. The summed E-state index contributed by atoms with van der Waals surface area (Å²) < 4.78 is 50.5. The average Bonchev–Trinajstić information content (AvgIpc) is 2.96. The maximum Gasteiger partial charge on any atom is 0.417 e. The minimum atomic E-state index is -4.49. The molecule has 40 heavy (non-hydrogen) atoms. The van der Waals surface area contributed by atoms with Crippen LogP contribution >= 0.6 is 0 Å². The molecule has 1 heterocycles. The minimum Gasteiger partial charge on any atom is -0.491 e. The van der Waals surface area contributed by atoms with Gasteiger partial charge in [0.2, 0.25) is 0 Å². The van der Waals surface area contributed by atoms with Gasteiger partial charge in [-0.1, -0.05) is 102 Å². The molecular weight excluding hydrogens is 513 g/mol. The van der Waals surface area contributed by atoms with E-state index in [1.807, 2.05) is 13.8 Å². The number of rotatable bonds is 17. The van der Waals surface area contributed by atoms with Crippen molar-refractivity contribution in [2.24, 2.45) is 5.92 Å². The van der Waals surface area contributed by atoms with Gasteiger partial charge in [0.25, 0.3) is 0 Å². The molecule has 0 fully saturated rings. The van der Waals surface area contributed by atoms with Crippen LogP contribution in [0.3, 0.4) is 0 Å². The van der Waals surface area contributed by atoms with Gasteiger partial charge in [-0.25, -0.2) is 9.97 Å². The first-order chi connectivity index (χ1) is 19.3. The summed E-state index contributed by atoms with van der Waals surface area (Å²) in [7, 11) is 0. The molecule has 0 amide bonds. The van der Waals surface area contributed by atoms with Crippen LogP contribution in [0.4, 0.5) is 13.2 Å². The van der Waals surface area contributed by atoms with Gasteiger partial charge in [0.1, 0.15) is 12.4 Å². The van der Waals surface area contributed by atoms with E-state index in [0.717, 1.165) is 29.5 Å². The molecule has 0 radical (unpaired) electrons. The first-order valence-corrected chi connectivity index (χ1v) is 14.6. The molecule has 0 spiro atoms. The van der Waals surface area contributed by atoms with Crippen molar-refractivity contribution in [3.63, 3.8) is 0 Å². The normalized spacial score (nSPS) is 13.2. The van der Waals surface area contributed by atoms with Gasteiger partial charge in [-0.3, -0.25) is 0 Å². The molecule has 0 aliphatic rings. The van der Waals surface area contributed by atoms with Crippen molar-refractivity contribution >= 4 is 0 Å². The summed E-state index contributed by atoms with van der Waals surface area (Å²) in [4.78, 5) is 9.07. The van der Waals surface area contributed by atoms with E-state index in [-0.39, 0.29) is 12.5 Å². The van der Waals surface area contributed by atoms with Crippen LogP contribution in [0.15, 0.2) is 60.9 Å². The number of halogens is 3. The van der Waals surface area contributed by atoms with E-state index >= 15 is 0 Å². The zero-order valence-electron chi connectivity index (χ0n) is 24.1. The van der Waals surface area contributed by atoms with Gasteiger partial charge in [-0.15, -0.1) is 0 Å². The number of aromatic nitrogens is 2. The number of nitrogens with zero attached hydrogens (tertiary/aromatic N) is 2. The maximum atomic E-state index is 13.3. The van der Waals surface area contributed by atoms with Gasteiger partial charge >= 0.3 is 6.18 Å². The standard InChI is InChI=1S/C33H43F3N2O2/c1-4-6-7-8-9-10-11-12-26-13-15-28(16-14-26)32-37-21-29(22-38-32)27-17-19-30(20-18-27)39-24-31(33(34,35)36)40-23-25(3)5-2/h13-22,25,31H,4-12,23-24H2,1-3H3. The summed E-state index contributed by atoms with van der Waals surface area (Å²) in [5.74, 6) is 1.05. The largest absolute Gasteiger partial charge is 0.491 e. The lowest BCUT2D eigenvalue weighted by atomic mass is 10.0. The summed E-state index contributed by atoms with van der Waals surface area (Å²) >= 11 is 0. The van der Waals surface area contributed by atoms with Crippen molar-refractivity contribution in [1.82, 2.24) is 9.97 Å². The number of hydrogen-bond acceptors (Lipinski definition) is 4. The zero-order chi connectivity index (χ0) is 28.8. The van der Waals surface area contributed by atoms with Crippen LogP contribution in [-0.2, 0) is 11.2 Å². The quantitative estimate of drug-likeness (QED) is 0.155. The highest BCUT2D eigenvalue weighted by atomic mass is 19.4. The minimum absolute atomic E-state index is 0.0440. The Labute approximate surface area is 237 Å². The van der Waals surface area contributed by atoms with Gasteiger partial charge in [-0.05, 0) is 42.0 Å². The predicted molar refractivity (Wildman–Crippen MR) is 155 cm³/mol. The number of ether oxygens (including phenoxy) is 2. The second kappa shape index (κ2) is 16.4. The second-order valence-corrected chi connectivity index (χ2v) is 10.6. The van der Waals surface area contributed by atoms with Crippen molar-refractivity contribution < 1.29 is 22.6 Å². The molecule has 218 valence electrons. The maximum absolute atomic E-state index is 13.3. The number of benzene rings is 2. The third-order valence-electron chi connectivity index (χ3n) is 7.17. The van der Waals surface area contributed by atoms with E-state index in [1.54, 1.807) is 36.7 Å². The van der Waals surface area contributed by atoms with E-state index in [9.17, 15) is 13.2 Å². The van der Waals surface area contributed by atoms with E-state index in [2.05, 4.69) is 41.2 Å². The lowest BCUT2D eigenvalue weighted by Gasteiger charge is -2.22. The summed E-state index contributed by atoms with van der Waals surface area (Å²) in [5, 5.41) is 0. The topological polar surface area (TPSA) is 44.2 Å². The van der Waals surface area contributed by atoms with Crippen molar-refractivity contribution in [2.75, 3.05) is 13.2 Å². The van der Waals surface area contributed by atoms with Crippen molar-refractivity contribution in [3.8, 4) is 28.3 Å². The van der Waals surface area contributed by atoms with Gasteiger partial charge in [-0.2, -0.15) is 13.2 Å². The Hall–Kier alpha value is -2.93. The lowest BCUT2D eigenvalue weighted by molar-refractivity contribution is -0.229. The molecule has 3 rings (SSSR count). The Bertz CT molecular complexity index is 1100. The Morgan fingerprint density at radius 1 is 0.725 bits per heavy atom. The molecule has 0 saturated heterocycles. The zero-order valence-corrected chi connectivity index (χ0v) is 24.1. The summed E-state index contributed by atoms with van der Waals surface area (Å²) in [6, 6.07) is 15.3. The molecule has 2 aromatic carbocycles. The van der Waals surface area contributed by atoms with Crippen LogP contribution in [0, 0.1) is 5.92 Å². The first kappa shape index (κ1) is 31.6. The number of hydrogen-bond donors (Lipinski definition) is 0. The third kappa shape index (κ3) is 10.6. The fourth-order valence-electron chi connectivity index (χ4n) is 4.28. The Kier molecular flexibility index (Phi) is 12.9.